The van der Waals surface area contributed by atoms with Crippen LogP contribution in [0.3, 0.4) is 0 Å². The molecule has 0 radical (unpaired) electrons. The van der Waals surface area contributed by atoms with E-state index in [4.69, 9.17) is 11.6 Å². The molecule has 0 saturated carbocycles. The zero-order valence-electron chi connectivity index (χ0n) is 13.2. The number of carboxylic acids is 1. The number of halogens is 1. The van der Waals surface area contributed by atoms with Gasteiger partial charge in [0.2, 0.25) is 5.91 Å². The quantitative estimate of drug-likeness (QED) is 0.929. The first-order chi connectivity index (χ1) is 10.2. The molecule has 4 nitrogen and oxygen atoms in total. The molecule has 1 aromatic rings. The summed E-state index contributed by atoms with van der Waals surface area (Å²) in [6, 6.07) is 7.30. The summed E-state index contributed by atoms with van der Waals surface area (Å²) in [5, 5.41) is 9.82. The summed E-state index contributed by atoms with van der Waals surface area (Å²) in [4.78, 5) is 25.8. The summed E-state index contributed by atoms with van der Waals surface area (Å²) in [5.74, 6) is -1.12. The number of benzene rings is 1. The van der Waals surface area contributed by atoms with Crippen molar-refractivity contribution in [2.24, 2.45) is 11.8 Å². The first kappa shape index (κ1) is 16.8. The number of carboxylic acid groups (broad SMARTS) is 1. The van der Waals surface area contributed by atoms with Gasteiger partial charge >= 0.3 is 5.97 Å². The maximum atomic E-state index is 12.9. The van der Waals surface area contributed by atoms with Gasteiger partial charge in [0.1, 0.15) is 0 Å². The van der Waals surface area contributed by atoms with Gasteiger partial charge in [-0.25, -0.2) is 0 Å². The van der Waals surface area contributed by atoms with Gasteiger partial charge in [-0.05, 0) is 43.9 Å². The van der Waals surface area contributed by atoms with E-state index >= 15 is 0 Å². The summed E-state index contributed by atoms with van der Waals surface area (Å²) in [7, 11) is 0. The largest absolute Gasteiger partial charge is 0.481 e. The molecule has 1 saturated heterocycles. The Morgan fingerprint density at radius 2 is 1.86 bits per heavy atom. The average Bonchev–Trinajstić information content (AvgIpc) is 2.46. The fourth-order valence-electron chi connectivity index (χ4n) is 3.08. The molecule has 2 rings (SSSR count). The maximum Gasteiger partial charge on any atom is 0.306 e. The third kappa shape index (κ3) is 3.27. The normalized spacial score (nSPS) is 22.5. The zero-order chi connectivity index (χ0) is 16.5. The van der Waals surface area contributed by atoms with E-state index in [2.05, 4.69) is 0 Å². The monoisotopic (exact) mass is 323 g/mol. The predicted octanol–water partition coefficient (Wildman–Crippen LogP) is 3.19. The van der Waals surface area contributed by atoms with Gasteiger partial charge in [-0.3, -0.25) is 9.59 Å². The minimum atomic E-state index is -0.767. The molecule has 2 atom stereocenters. The van der Waals surface area contributed by atoms with Crippen LogP contribution in [0.1, 0.15) is 32.8 Å². The number of nitrogens with zero attached hydrogens (tertiary/aromatic N) is 1. The molecule has 5 heteroatoms. The summed E-state index contributed by atoms with van der Waals surface area (Å²) in [5.41, 5.74) is 0.260. The lowest BCUT2D eigenvalue weighted by atomic mass is 9.81. The van der Waals surface area contributed by atoms with Crippen LogP contribution in [0.15, 0.2) is 24.3 Å². The van der Waals surface area contributed by atoms with E-state index in [0.717, 1.165) is 5.56 Å². The van der Waals surface area contributed by atoms with Gasteiger partial charge in [0.25, 0.3) is 0 Å². The van der Waals surface area contributed by atoms with E-state index in [1.807, 2.05) is 32.9 Å². The minimum absolute atomic E-state index is 0.0313. The third-order valence-electron chi connectivity index (χ3n) is 4.61. The molecular formula is C17H22ClNO3. The number of aliphatic carboxylic acids is 1. The minimum Gasteiger partial charge on any atom is -0.481 e. The predicted molar refractivity (Wildman–Crippen MR) is 86.0 cm³/mol. The Morgan fingerprint density at radius 3 is 2.36 bits per heavy atom. The van der Waals surface area contributed by atoms with Crippen LogP contribution in [-0.2, 0) is 15.0 Å². The molecule has 1 amide bonds. The average molecular weight is 324 g/mol. The van der Waals surface area contributed by atoms with Gasteiger partial charge in [-0.1, -0.05) is 30.7 Å². The molecule has 0 aromatic heterocycles. The fraction of sp³-hybridized carbons (Fsp3) is 0.529. The summed E-state index contributed by atoms with van der Waals surface area (Å²) in [6.07, 6.45) is 0.513. The van der Waals surface area contributed by atoms with Crippen molar-refractivity contribution in [3.05, 3.63) is 34.9 Å². The van der Waals surface area contributed by atoms with E-state index in [9.17, 15) is 14.7 Å². The number of rotatable bonds is 3. The van der Waals surface area contributed by atoms with Crippen LogP contribution in [-0.4, -0.2) is 35.0 Å². The molecule has 1 N–H and O–H groups in total. The van der Waals surface area contributed by atoms with Gasteiger partial charge < -0.3 is 10.0 Å². The maximum absolute atomic E-state index is 12.9. The highest BCUT2D eigenvalue weighted by Gasteiger charge is 2.39. The van der Waals surface area contributed by atoms with Crippen molar-refractivity contribution in [1.82, 2.24) is 4.90 Å². The van der Waals surface area contributed by atoms with Crippen LogP contribution < -0.4 is 0 Å². The van der Waals surface area contributed by atoms with Crippen molar-refractivity contribution in [3.63, 3.8) is 0 Å². The highest BCUT2D eigenvalue weighted by molar-refractivity contribution is 6.30. The lowest BCUT2D eigenvalue weighted by molar-refractivity contribution is -0.149. The topological polar surface area (TPSA) is 57.6 Å². The SMILES string of the molecule is CC1CN(C(=O)C(C)(C)c2ccc(Cl)cc2)CCC1C(=O)O. The second kappa shape index (κ2) is 6.29. The molecule has 0 aliphatic carbocycles. The van der Waals surface area contributed by atoms with Gasteiger partial charge in [-0.2, -0.15) is 0 Å². The second-order valence-corrected chi connectivity index (χ2v) is 7.03. The second-order valence-electron chi connectivity index (χ2n) is 6.59. The van der Waals surface area contributed by atoms with Crippen molar-refractivity contribution in [2.45, 2.75) is 32.6 Å². The Hall–Kier alpha value is -1.55. The smallest absolute Gasteiger partial charge is 0.306 e. The molecule has 1 aromatic carbocycles. The lowest BCUT2D eigenvalue weighted by Gasteiger charge is -2.39. The van der Waals surface area contributed by atoms with Crippen LogP contribution in [0, 0.1) is 11.8 Å². The summed E-state index contributed by atoms with van der Waals surface area (Å²) >= 11 is 5.90. The number of piperidine rings is 1. The molecule has 1 aliphatic heterocycles. The molecule has 22 heavy (non-hydrogen) atoms. The Kier molecular flexibility index (Phi) is 4.81. The van der Waals surface area contributed by atoms with Crippen molar-refractivity contribution in [2.75, 3.05) is 13.1 Å². The van der Waals surface area contributed by atoms with Crippen molar-refractivity contribution in [3.8, 4) is 0 Å². The first-order valence-electron chi connectivity index (χ1n) is 7.51. The van der Waals surface area contributed by atoms with Crippen LogP contribution in [0.25, 0.3) is 0 Å². The Balaban J connectivity index is 2.14. The number of likely N-dealkylation sites (tertiary alicyclic amines) is 1. The number of amides is 1. The molecule has 0 spiro atoms. The highest BCUT2D eigenvalue weighted by atomic mass is 35.5. The summed E-state index contributed by atoms with van der Waals surface area (Å²) < 4.78 is 0. The standard InChI is InChI=1S/C17H22ClNO3/c1-11-10-19(9-8-14(11)15(20)21)16(22)17(2,3)12-4-6-13(18)7-5-12/h4-7,11,14H,8-10H2,1-3H3,(H,20,21). The van der Waals surface area contributed by atoms with Crippen molar-refractivity contribution in [1.29, 1.82) is 0 Å². The van der Waals surface area contributed by atoms with E-state index in [1.54, 1.807) is 17.0 Å². The van der Waals surface area contributed by atoms with Crippen LogP contribution in [0.2, 0.25) is 5.02 Å². The molecular weight excluding hydrogens is 302 g/mol. The van der Waals surface area contributed by atoms with Gasteiger partial charge in [-0.15, -0.1) is 0 Å². The van der Waals surface area contributed by atoms with E-state index in [-0.39, 0.29) is 17.7 Å². The Labute approximate surface area is 136 Å². The highest BCUT2D eigenvalue weighted by Crippen LogP contribution is 2.31. The summed E-state index contributed by atoms with van der Waals surface area (Å²) in [6.45, 7) is 6.68. The Morgan fingerprint density at radius 1 is 1.27 bits per heavy atom. The van der Waals surface area contributed by atoms with Crippen LogP contribution >= 0.6 is 11.6 Å². The van der Waals surface area contributed by atoms with Gasteiger partial charge in [0, 0.05) is 18.1 Å². The van der Waals surface area contributed by atoms with E-state index in [1.165, 1.54) is 0 Å². The molecule has 1 heterocycles. The van der Waals surface area contributed by atoms with Crippen LogP contribution in [0.4, 0.5) is 0 Å². The Bertz CT molecular complexity index is 568. The van der Waals surface area contributed by atoms with Gasteiger partial charge in [0.15, 0.2) is 0 Å². The molecule has 1 fully saturated rings. The van der Waals surface area contributed by atoms with E-state index in [0.29, 0.717) is 24.5 Å². The number of hydrogen-bond donors (Lipinski definition) is 1. The van der Waals surface area contributed by atoms with E-state index < -0.39 is 11.4 Å². The fourth-order valence-corrected chi connectivity index (χ4v) is 3.21. The number of carbonyl (C=O) groups excluding carboxylic acids is 1. The first-order valence-corrected chi connectivity index (χ1v) is 7.89. The molecule has 120 valence electrons. The third-order valence-corrected chi connectivity index (χ3v) is 4.86. The molecule has 1 aliphatic rings. The molecule has 0 bridgehead atoms. The van der Waals surface area contributed by atoms with Crippen LogP contribution in [0.5, 0.6) is 0 Å². The van der Waals surface area contributed by atoms with Crippen molar-refractivity contribution < 1.29 is 14.7 Å². The molecule has 2 unspecified atom stereocenters. The van der Waals surface area contributed by atoms with Gasteiger partial charge in [0.05, 0.1) is 11.3 Å². The van der Waals surface area contributed by atoms with Crippen molar-refractivity contribution >= 4 is 23.5 Å². The lowest BCUT2D eigenvalue weighted by Crippen LogP contribution is -2.50. The number of carbonyl (C=O) groups is 2. The zero-order valence-corrected chi connectivity index (χ0v) is 13.9. The number of hydrogen-bond acceptors (Lipinski definition) is 2.